The highest BCUT2D eigenvalue weighted by atomic mass is 16.3. The lowest BCUT2D eigenvalue weighted by atomic mass is 10.1. The molecular formula is C13H18N2O2. The molecule has 92 valence electrons. The number of rotatable bonds is 6. The second-order valence-corrected chi connectivity index (χ2v) is 3.72. The van der Waals surface area contributed by atoms with Gasteiger partial charge in [0, 0.05) is 12.6 Å². The van der Waals surface area contributed by atoms with Crippen molar-refractivity contribution in [2.75, 3.05) is 13.2 Å². The Kier molecular flexibility index (Phi) is 5.99. The maximum absolute atomic E-state index is 11.4. The predicted molar refractivity (Wildman–Crippen MR) is 67.4 cm³/mol. The van der Waals surface area contributed by atoms with Gasteiger partial charge in [-0.25, -0.2) is 0 Å². The smallest absolute Gasteiger partial charge is 0.244 e. The lowest BCUT2D eigenvalue weighted by molar-refractivity contribution is -0.117. The van der Waals surface area contributed by atoms with E-state index in [1.54, 1.807) is 6.08 Å². The summed E-state index contributed by atoms with van der Waals surface area (Å²) in [6.45, 7) is 0.243. The lowest BCUT2D eigenvalue weighted by Gasteiger charge is -2.15. The number of hydrogen-bond acceptors (Lipinski definition) is 3. The molecular weight excluding hydrogens is 216 g/mol. The first-order chi connectivity index (χ1) is 8.26. The van der Waals surface area contributed by atoms with E-state index in [9.17, 15) is 9.90 Å². The van der Waals surface area contributed by atoms with Crippen LogP contribution >= 0.6 is 0 Å². The quantitative estimate of drug-likeness (QED) is 0.616. The van der Waals surface area contributed by atoms with Crippen LogP contribution in [0.1, 0.15) is 5.56 Å². The molecule has 4 heteroatoms. The van der Waals surface area contributed by atoms with Gasteiger partial charge in [-0.15, -0.1) is 0 Å². The molecule has 0 aliphatic rings. The molecule has 4 nitrogen and oxygen atoms in total. The van der Waals surface area contributed by atoms with E-state index in [1.807, 2.05) is 30.3 Å². The summed E-state index contributed by atoms with van der Waals surface area (Å²) < 4.78 is 0. The van der Waals surface area contributed by atoms with E-state index in [0.29, 0.717) is 13.0 Å². The summed E-state index contributed by atoms with van der Waals surface area (Å²) in [7, 11) is 0. The number of amides is 1. The minimum atomic E-state index is -0.271. The normalized spacial score (nSPS) is 12.6. The van der Waals surface area contributed by atoms with E-state index in [2.05, 4.69) is 5.32 Å². The molecule has 1 atom stereocenters. The van der Waals surface area contributed by atoms with Crippen molar-refractivity contribution in [3.63, 3.8) is 0 Å². The van der Waals surface area contributed by atoms with Crippen molar-refractivity contribution in [1.82, 2.24) is 5.32 Å². The number of nitrogens with one attached hydrogen (secondary N) is 1. The average molecular weight is 234 g/mol. The van der Waals surface area contributed by atoms with Crippen molar-refractivity contribution < 1.29 is 9.90 Å². The second kappa shape index (κ2) is 7.60. The fourth-order valence-electron chi connectivity index (χ4n) is 1.48. The molecule has 0 saturated carbocycles. The lowest BCUT2D eigenvalue weighted by Crippen LogP contribution is -2.38. The summed E-state index contributed by atoms with van der Waals surface area (Å²) in [6, 6.07) is 9.45. The molecule has 0 bridgehead atoms. The van der Waals surface area contributed by atoms with E-state index < -0.39 is 0 Å². The Hall–Kier alpha value is -1.65. The van der Waals surface area contributed by atoms with Crippen molar-refractivity contribution in [1.29, 1.82) is 0 Å². The fraction of sp³-hybridized carbons (Fsp3) is 0.308. The molecule has 0 heterocycles. The molecule has 1 aromatic carbocycles. The molecule has 0 radical (unpaired) electrons. The molecule has 0 aliphatic heterocycles. The Morgan fingerprint density at radius 1 is 1.41 bits per heavy atom. The Bertz CT molecular complexity index is 363. The zero-order valence-electron chi connectivity index (χ0n) is 9.67. The molecule has 0 aliphatic carbocycles. The Morgan fingerprint density at radius 3 is 2.71 bits per heavy atom. The van der Waals surface area contributed by atoms with Gasteiger partial charge in [-0.3, -0.25) is 4.79 Å². The summed E-state index contributed by atoms with van der Waals surface area (Å²) in [6.07, 6.45) is 3.57. The number of aliphatic hydroxyl groups excluding tert-OH is 1. The van der Waals surface area contributed by atoms with Gasteiger partial charge in [0.1, 0.15) is 0 Å². The van der Waals surface area contributed by atoms with E-state index in [0.717, 1.165) is 5.56 Å². The van der Waals surface area contributed by atoms with Crippen molar-refractivity contribution in [2.24, 2.45) is 5.73 Å². The standard InChI is InChI=1S/C13H18N2O2/c14-8-4-7-13(17)15-12(10-16)9-11-5-2-1-3-6-11/h1-7,12,16H,8-10,14H2,(H,15,17)/b7-4+. The molecule has 4 N–H and O–H groups in total. The van der Waals surface area contributed by atoms with Crippen molar-refractivity contribution in [3.05, 3.63) is 48.0 Å². The highest BCUT2D eigenvalue weighted by Crippen LogP contribution is 2.02. The number of benzene rings is 1. The van der Waals surface area contributed by atoms with Crippen LogP contribution in [0.25, 0.3) is 0 Å². The van der Waals surface area contributed by atoms with Gasteiger partial charge in [0.05, 0.1) is 12.6 Å². The van der Waals surface area contributed by atoms with Crippen LogP contribution in [0.5, 0.6) is 0 Å². The van der Waals surface area contributed by atoms with Crippen LogP contribution in [0, 0.1) is 0 Å². The van der Waals surface area contributed by atoms with Crippen molar-refractivity contribution in [2.45, 2.75) is 12.5 Å². The van der Waals surface area contributed by atoms with Gasteiger partial charge < -0.3 is 16.2 Å². The molecule has 0 saturated heterocycles. The highest BCUT2D eigenvalue weighted by molar-refractivity contribution is 5.87. The third kappa shape index (κ3) is 5.29. The van der Waals surface area contributed by atoms with Crippen LogP contribution in [0.2, 0.25) is 0 Å². The maximum Gasteiger partial charge on any atom is 0.244 e. The third-order valence-corrected chi connectivity index (χ3v) is 2.30. The molecule has 0 fully saturated rings. The maximum atomic E-state index is 11.4. The van der Waals surface area contributed by atoms with E-state index in [1.165, 1.54) is 6.08 Å². The van der Waals surface area contributed by atoms with Gasteiger partial charge in [-0.2, -0.15) is 0 Å². The van der Waals surface area contributed by atoms with Gasteiger partial charge >= 0.3 is 0 Å². The summed E-state index contributed by atoms with van der Waals surface area (Å²) in [4.78, 5) is 11.4. The predicted octanol–water partition coefficient (Wildman–Crippen LogP) is 0.221. The monoisotopic (exact) mass is 234 g/mol. The van der Waals surface area contributed by atoms with Crippen LogP contribution in [-0.4, -0.2) is 30.2 Å². The first-order valence-corrected chi connectivity index (χ1v) is 5.58. The number of aliphatic hydroxyl groups is 1. The van der Waals surface area contributed by atoms with Crippen molar-refractivity contribution >= 4 is 5.91 Å². The number of carbonyl (C=O) groups is 1. The topological polar surface area (TPSA) is 75.4 Å². The van der Waals surface area contributed by atoms with E-state index in [-0.39, 0.29) is 18.6 Å². The first kappa shape index (κ1) is 13.4. The van der Waals surface area contributed by atoms with Gasteiger partial charge in [-0.1, -0.05) is 36.4 Å². The molecule has 17 heavy (non-hydrogen) atoms. The van der Waals surface area contributed by atoms with Gasteiger partial charge in [0.2, 0.25) is 5.91 Å². The number of hydrogen-bond donors (Lipinski definition) is 3. The van der Waals surface area contributed by atoms with Gasteiger partial charge in [-0.05, 0) is 12.0 Å². The summed E-state index contributed by atoms with van der Waals surface area (Å²) in [5.74, 6) is -0.231. The van der Waals surface area contributed by atoms with Crippen LogP contribution in [-0.2, 0) is 11.2 Å². The van der Waals surface area contributed by atoms with Crippen LogP contribution in [0.15, 0.2) is 42.5 Å². The third-order valence-electron chi connectivity index (χ3n) is 2.30. The Labute approximate surface area is 101 Å². The first-order valence-electron chi connectivity index (χ1n) is 5.58. The van der Waals surface area contributed by atoms with Crippen LogP contribution in [0.4, 0.5) is 0 Å². The number of carbonyl (C=O) groups excluding carboxylic acids is 1. The van der Waals surface area contributed by atoms with Crippen molar-refractivity contribution in [3.8, 4) is 0 Å². The second-order valence-electron chi connectivity index (χ2n) is 3.72. The van der Waals surface area contributed by atoms with Crippen LogP contribution < -0.4 is 11.1 Å². The largest absolute Gasteiger partial charge is 0.394 e. The van der Waals surface area contributed by atoms with Gasteiger partial charge in [0.25, 0.3) is 0 Å². The molecule has 1 aromatic rings. The molecule has 1 unspecified atom stereocenters. The minimum absolute atomic E-state index is 0.0862. The zero-order valence-corrected chi connectivity index (χ0v) is 9.67. The fourth-order valence-corrected chi connectivity index (χ4v) is 1.48. The Balaban J connectivity index is 2.49. The SMILES string of the molecule is NC/C=C/C(=O)NC(CO)Cc1ccccc1. The summed E-state index contributed by atoms with van der Waals surface area (Å²) in [5.41, 5.74) is 6.33. The zero-order chi connectivity index (χ0) is 12.5. The van der Waals surface area contributed by atoms with Gasteiger partial charge in [0.15, 0.2) is 0 Å². The number of nitrogens with two attached hydrogens (primary N) is 1. The summed E-state index contributed by atoms with van der Waals surface area (Å²) >= 11 is 0. The molecule has 0 aromatic heterocycles. The van der Waals surface area contributed by atoms with Crippen LogP contribution in [0.3, 0.4) is 0 Å². The highest BCUT2D eigenvalue weighted by Gasteiger charge is 2.09. The van der Waals surface area contributed by atoms with E-state index in [4.69, 9.17) is 5.73 Å². The molecule has 1 rings (SSSR count). The minimum Gasteiger partial charge on any atom is -0.394 e. The molecule has 0 spiro atoms. The summed E-state index contributed by atoms with van der Waals surface area (Å²) in [5, 5.41) is 11.9. The average Bonchev–Trinajstić information content (AvgIpc) is 2.36. The Morgan fingerprint density at radius 2 is 2.12 bits per heavy atom. The van der Waals surface area contributed by atoms with E-state index >= 15 is 0 Å². The molecule has 1 amide bonds.